The topological polar surface area (TPSA) is 55.6 Å². The summed E-state index contributed by atoms with van der Waals surface area (Å²) < 4.78 is 5.18. The Morgan fingerprint density at radius 3 is 2.76 bits per heavy atom. The van der Waals surface area contributed by atoms with E-state index in [1.54, 1.807) is 0 Å². The molecule has 0 aromatic carbocycles. The lowest BCUT2D eigenvalue weighted by Gasteiger charge is -2.38. The molecule has 2 N–H and O–H groups in total. The summed E-state index contributed by atoms with van der Waals surface area (Å²) in [6.07, 6.45) is 3.46. The number of carbonyl (C=O) groups excluding carboxylic acids is 1. The fraction of sp³-hybridized carbons (Fsp3) is 0.923. The highest BCUT2D eigenvalue weighted by Gasteiger charge is 2.28. The third kappa shape index (κ3) is 4.64. The van der Waals surface area contributed by atoms with E-state index in [1.165, 1.54) is 12.8 Å². The Labute approximate surface area is 104 Å². The summed E-state index contributed by atoms with van der Waals surface area (Å²) in [6.45, 7) is 7.96. The average molecular weight is 242 g/mol. The number of likely N-dealkylation sites (tertiary alicyclic amines) is 1. The van der Waals surface area contributed by atoms with Crippen molar-refractivity contribution >= 4 is 5.97 Å². The lowest BCUT2D eigenvalue weighted by Crippen LogP contribution is -2.49. The van der Waals surface area contributed by atoms with Crippen molar-refractivity contribution in [3.05, 3.63) is 0 Å². The zero-order valence-electron chi connectivity index (χ0n) is 11.3. The smallest absolute Gasteiger partial charge is 0.320 e. The molecule has 1 aliphatic heterocycles. The number of hydrogen-bond donors (Lipinski definition) is 1. The van der Waals surface area contributed by atoms with Gasteiger partial charge < -0.3 is 10.5 Å². The van der Waals surface area contributed by atoms with Crippen LogP contribution in [0.4, 0.5) is 0 Å². The van der Waals surface area contributed by atoms with Gasteiger partial charge in [0.15, 0.2) is 0 Å². The van der Waals surface area contributed by atoms with Crippen molar-refractivity contribution < 1.29 is 9.53 Å². The van der Waals surface area contributed by atoms with Crippen molar-refractivity contribution in [3.8, 4) is 0 Å². The molecule has 0 bridgehead atoms. The van der Waals surface area contributed by atoms with E-state index in [4.69, 9.17) is 10.5 Å². The van der Waals surface area contributed by atoms with Crippen LogP contribution in [-0.2, 0) is 9.53 Å². The van der Waals surface area contributed by atoms with Gasteiger partial charge in [-0.25, -0.2) is 0 Å². The van der Waals surface area contributed by atoms with E-state index in [0.717, 1.165) is 18.9 Å². The Balaban J connectivity index is 2.44. The highest BCUT2D eigenvalue weighted by atomic mass is 16.5. The Hall–Kier alpha value is -0.610. The average Bonchev–Trinajstić information content (AvgIpc) is 2.28. The zero-order chi connectivity index (χ0) is 12.8. The monoisotopic (exact) mass is 242 g/mol. The first kappa shape index (κ1) is 14.5. The summed E-state index contributed by atoms with van der Waals surface area (Å²) in [6, 6.07) is 0.341. The van der Waals surface area contributed by atoms with Crippen molar-refractivity contribution in [2.75, 3.05) is 19.6 Å². The lowest BCUT2D eigenvalue weighted by atomic mass is 9.89. The van der Waals surface area contributed by atoms with E-state index in [2.05, 4.69) is 11.8 Å². The highest BCUT2D eigenvalue weighted by Crippen LogP contribution is 2.24. The van der Waals surface area contributed by atoms with Crippen molar-refractivity contribution in [2.24, 2.45) is 11.7 Å². The van der Waals surface area contributed by atoms with Gasteiger partial charge in [-0.3, -0.25) is 9.69 Å². The highest BCUT2D eigenvalue weighted by molar-refractivity contribution is 5.71. The second kappa shape index (κ2) is 6.97. The van der Waals surface area contributed by atoms with Crippen LogP contribution in [0.25, 0.3) is 0 Å². The second-order valence-electron chi connectivity index (χ2n) is 5.20. The Kier molecular flexibility index (Phi) is 5.92. The molecule has 1 saturated heterocycles. The number of nitrogens with two attached hydrogens (primary N) is 1. The minimum Gasteiger partial charge on any atom is -0.462 e. The van der Waals surface area contributed by atoms with E-state index in [9.17, 15) is 4.79 Å². The van der Waals surface area contributed by atoms with Gasteiger partial charge >= 0.3 is 5.97 Å². The van der Waals surface area contributed by atoms with Crippen LogP contribution in [0.5, 0.6) is 0 Å². The van der Waals surface area contributed by atoms with Crippen molar-refractivity contribution in [1.82, 2.24) is 4.90 Å². The van der Waals surface area contributed by atoms with Crippen LogP contribution < -0.4 is 5.73 Å². The molecule has 0 aliphatic carbocycles. The molecule has 1 fully saturated rings. The second-order valence-corrected chi connectivity index (χ2v) is 5.20. The van der Waals surface area contributed by atoms with Gasteiger partial charge in [0.05, 0.1) is 12.6 Å². The number of ether oxygens (including phenoxy) is 1. The Morgan fingerprint density at radius 1 is 1.53 bits per heavy atom. The molecule has 4 heteroatoms. The minimum atomic E-state index is -0.131. The number of esters is 1. The van der Waals surface area contributed by atoms with Gasteiger partial charge in [-0.1, -0.05) is 13.3 Å². The van der Waals surface area contributed by atoms with Crippen LogP contribution >= 0.6 is 0 Å². The molecule has 0 saturated carbocycles. The van der Waals surface area contributed by atoms with E-state index < -0.39 is 0 Å². The van der Waals surface area contributed by atoms with Gasteiger partial charge in [0.1, 0.15) is 0 Å². The van der Waals surface area contributed by atoms with Crippen LogP contribution in [0.1, 0.15) is 40.0 Å². The van der Waals surface area contributed by atoms with Gasteiger partial charge in [0, 0.05) is 12.6 Å². The molecular weight excluding hydrogens is 216 g/mol. The van der Waals surface area contributed by atoms with E-state index in [1.807, 2.05) is 13.8 Å². The SMILES string of the molecule is CCC1CCN(CC(=O)OC(C)C)C(CN)C1. The van der Waals surface area contributed by atoms with Gasteiger partial charge in [-0.05, 0) is 39.2 Å². The molecule has 0 aromatic heterocycles. The molecule has 0 amide bonds. The molecule has 0 spiro atoms. The molecule has 0 radical (unpaired) electrons. The molecule has 100 valence electrons. The van der Waals surface area contributed by atoms with Gasteiger partial charge in [-0.2, -0.15) is 0 Å². The summed E-state index contributed by atoms with van der Waals surface area (Å²) in [5, 5.41) is 0. The summed E-state index contributed by atoms with van der Waals surface area (Å²) in [4.78, 5) is 13.8. The summed E-state index contributed by atoms with van der Waals surface area (Å²) in [7, 11) is 0. The normalized spacial score (nSPS) is 26.2. The molecule has 1 aliphatic rings. The van der Waals surface area contributed by atoms with Crippen molar-refractivity contribution in [3.63, 3.8) is 0 Å². The van der Waals surface area contributed by atoms with E-state index in [0.29, 0.717) is 19.1 Å². The molecule has 4 nitrogen and oxygen atoms in total. The first-order chi connectivity index (χ1) is 8.06. The number of hydrogen-bond acceptors (Lipinski definition) is 4. The molecule has 2 atom stereocenters. The van der Waals surface area contributed by atoms with Crippen LogP contribution in [-0.4, -0.2) is 42.6 Å². The molecule has 1 heterocycles. The maximum atomic E-state index is 11.6. The largest absolute Gasteiger partial charge is 0.462 e. The fourth-order valence-electron chi connectivity index (χ4n) is 2.47. The Bertz CT molecular complexity index is 244. The number of rotatable bonds is 5. The van der Waals surface area contributed by atoms with Gasteiger partial charge in [-0.15, -0.1) is 0 Å². The summed E-state index contributed by atoms with van der Waals surface area (Å²) in [5.41, 5.74) is 5.79. The minimum absolute atomic E-state index is 0.0352. The third-order valence-corrected chi connectivity index (χ3v) is 3.50. The van der Waals surface area contributed by atoms with Crippen LogP contribution in [0, 0.1) is 5.92 Å². The van der Waals surface area contributed by atoms with Gasteiger partial charge in [0.25, 0.3) is 0 Å². The maximum absolute atomic E-state index is 11.6. The van der Waals surface area contributed by atoms with E-state index in [-0.39, 0.29) is 12.1 Å². The maximum Gasteiger partial charge on any atom is 0.320 e. The van der Waals surface area contributed by atoms with Gasteiger partial charge in [0.2, 0.25) is 0 Å². The predicted octanol–water partition coefficient (Wildman–Crippen LogP) is 1.39. The fourth-order valence-corrected chi connectivity index (χ4v) is 2.47. The summed E-state index contributed by atoms with van der Waals surface area (Å²) >= 11 is 0. The van der Waals surface area contributed by atoms with Crippen molar-refractivity contribution in [1.29, 1.82) is 0 Å². The zero-order valence-corrected chi connectivity index (χ0v) is 11.3. The first-order valence-corrected chi connectivity index (χ1v) is 6.70. The number of nitrogens with zero attached hydrogens (tertiary/aromatic N) is 1. The number of piperidine rings is 1. The van der Waals surface area contributed by atoms with Crippen LogP contribution in [0.3, 0.4) is 0 Å². The standard InChI is InChI=1S/C13H26N2O2/c1-4-11-5-6-15(12(7-11)8-14)9-13(16)17-10(2)3/h10-12H,4-9,14H2,1-3H3. The summed E-state index contributed by atoms with van der Waals surface area (Å²) in [5.74, 6) is 0.634. The molecule has 2 unspecified atom stereocenters. The van der Waals surface area contributed by atoms with Crippen LogP contribution in [0.2, 0.25) is 0 Å². The molecular formula is C13H26N2O2. The molecule has 17 heavy (non-hydrogen) atoms. The first-order valence-electron chi connectivity index (χ1n) is 6.70. The van der Waals surface area contributed by atoms with Crippen molar-refractivity contribution in [2.45, 2.75) is 52.2 Å². The molecule has 0 aromatic rings. The third-order valence-electron chi connectivity index (χ3n) is 3.50. The Morgan fingerprint density at radius 2 is 2.24 bits per heavy atom. The van der Waals surface area contributed by atoms with Crippen LogP contribution in [0.15, 0.2) is 0 Å². The lowest BCUT2D eigenvalue weighted by molar-refractivity contribution is -0.149. The predicted molar refractivity (Wildman–Crippen MR) is 68.7 cm³/mol. The number of carbonyl (C=O) groups is 1. The van der Waals surface area contributed by atoms with E-state index >= 15 is 0 Å². The quantitative estimate of drug-likeness (QED) is 0.740. The molecule has 1 rings (SSSR count).